The van der Waals surface area contributed by atoms with Crippen LogP contribution in [-0.4, -0.2) is 20.3 Å². The molecule has 0 aliphatic carbocycles. The van der Waals surface area contributed by atoms with Gasteiger partial charge in [-0.25, -0.2) is 0 Å². The molecule has 1 aromatic rings. The summed E-state index contributed by atoms with van der Waals surface area (Å²) in [5, 5.41) is 0. The van der Waals surface area contributed by atoms with Gasteiger partial charge < -0.3 is 20.9 Å². The molecule has 0 fully saturated rings. The quantitative estimate of drug-likeness (QED) is 0.826. The Morgan fingerprint density at radius 2 is 2.00 bits per heavy atom. The van der Waals surface area contributed by atoms with Crippen molar-refractivity contribution in [1.82, 2.24) is 0 Å². The van der Waals surface area contributed by atoms with Gasteiger partial charge in [-0.15, -0.1) is 12.4 Å². The summed E-state index contributed by atoms with van der Waals surface area (Å²) in [6.45, 7) is 2.95. The van der Waals surface area contributed by atoms with Crippen molar-refractivity contribution in [2.24, 2.45) is 11.5 Å². The van der Waals surface area contributed by atoms with Crippen molar-refractivity contribution in [1.29, 1.82) is 0 Å². The third-order valence-corrected chi connectivity index (χ3v) is 2.17. The molecule has 0 aliphatic heterocycles. The normalized spacial score (nSPS) is 11.5. The Morgan fingerprint density at radius 1 is 1.31 bits per heavy atom. The Balaban J connectivity index is 0.00000225. The predicted octanol–water partition coefficient (Wildman–Crippen LogP) is 1.47. The van der Waals surface area contributed by atoms with E-state index in [1.807, 2.05) is 25.1 Å². The van der Waals surface area contributed by atoms with Crippen LogP contribution in [-0.2, 0) is 0 Å². The topological polar surface area (TPSA) is 70.5 Å². The molecule has 1 aromatic carbocycles. The second kappa shape index (κ2) is 7.33. The van der Waals surface area contributed by atoms with E-state index in [-0.39, 0.29) is 18.4 Å². The van der Waals surface area contributed by atoms with E-state index in [0.29, 0.717) is 18.9 Å². The number of rotatable bonds is 5. The molecule has 0 saturated carbocycles. The Hall–Kier alpha value is -0.970. The van der Waals surface area contributed by atoms with Crippen molar-refractivity contribution in [3.05, 3.63) is 23.8 Å². The van der Waals surface area contributed by atoms with Gasteiger partial charge in [-0.1, -0.05) is 6.07 Å². The molecule has 0 spiro atoms. The lowest BCUT2D eigenvalue weighted by molar-refractivity contribution is 0.310. The van der Waals surface area contributed by atoms with Crippen LogP contribution in [0.1, 0.15) is 18.5 Å². The fourth-order valence-electron chi connectivity index (χ4n) is 1.33. The first-order valence-electron chi connectivity index (χ1n) is 4.99. The lowest BCUT2D eigenvalue weighted by atomic mass is 10.1. The molecule has 92 valence electrons. The number of hydrogen-bond acceptors (Lipinski definition) is 4. The zero-order valence-electron chi connectivity index (χ0n) is 9.60. The van der Waals surface area contributed by atoms with Gasteiger partial charge in [0.05, 0.1) is 13.7 Å². The number of hydrogen-bond donors (Lipinski definition) is 2. The third-order valence-electron chi connectivity index (χ3n) is 2.17. The van der Waals surface area contributed by atoms with Crippen molar-refractivity contribution >= 4 is 12.4 Å². The summed E-state index contributed by atoms with van der Waals surface area (Å²) in [6, 6.07) is 5.47. The molecule has 4 N–H and O–H groups in total. The summed E-state index contributed by atoms with van der Waals surface area (Å²) in [7, 11) is 1.61. The summed E-state index contributed by atoms with van der Waals surface area (Å²) < 4.78 is 10.6. The van der Waals surface area contributed by atoms with Crippen LogP contribution in [0.2, 0.25) is 0 Å². The Bertz CT molecular complexity index is 321. The maximum atomic E-state index is 5.82. The highest BCUT2D eigenvalue weighted by atomic mass is 35.5. The Morgan fingerprint density at radius 3 is 2.50 bits per heavy atom. The second-order valence-corrected chi connectivity index (χ2v) is 3.19. The molecule has 0 heterocycles. The van der Waals surface area contributed by atoms with E-state index in [4.69, 9.17) is 20.9 Å². The molecule has 5 heteroatoms. The molecular weight excluding hydrogens is 228 g/mol. The van der Waals surface area contributed by atoms with Crippen LogP contribution < -0.4 is 20.9 Å². The number of benzene rings is 1. The van der Waals surface area contributed by atoms with Gasteiger partial charge in [0, 0.05) is 12.6 Å². The number of nitrogens with two attached hydrogens (primary N) is 2. The minimum absolute atomic E-state index is 0. The zero-order chi connectivity index (χ0) is 11.3. The second-order valence-electron chi connectivity index (χ2n) is 3.19. The van der Waals surface area contributed by atoms with E-state index < -0.39 is 0 Å². The minimum atomic E-state index is -0.158. The summed E-state index contributed by atoms with van der Waals surface area (Å²) in [5.41, 5.74) is 12.3. The van der Waals surface area contributed by atoms with E-state index in [9.17, 15) is 0 Å². The first kappa shape index (κ1) is 15.0. The van der Waals surface area contributed by atoms with Crippen LogP contribution in [0, 0.1) is 0 Å². The predicted molar refractivity (Wildman–Crippen MR) is 67.4 cm³/mol. The molecule has 16 heavy (non-hydrogen) atoms. The van der Waals surface area contributed by atoms with Crippen molar-refractivity contribution in [2.45, 2.75) is 13.0 Å². The molecule has 0 unspecified atom stereocenters. The smallest absolute Gasteiger partial charge is 0.161 e. The third kappa shape index (κ3) is 3.56. The molecule has 1 rings (SSSR count). The Labute approximate surface area is 102 Å². The highest BCUT2D eigenvalue weighted by Gasteiger charge is 2.09. The number of ether oxygens (including phenoxy) is 2. The molecule has 0 aromatic heterocycles. The van der Waals surface area contributed by atoms with E-state index in [2.05, 4.69) is 0 Å². The molecular formula is C11H19ClN2O2. The number of halogens is 1. The molecule has 0 bridgehead atoms. The van der Waals surface area contributed by atoms with E-state index in [1.54, 1.807) is 7.11 Å². The minimum Gasteiger partial charge on any atom is -0.493 e. The average molecular weight is 247 g/mol. The lowest BCUT2D eigenvalue weighted by Crippen LogP contribution is -2.20. The molecule has 0 radical (unpaired) electrons. The molecule has 0 saturated heterocycles. The molecule has 1 atom stereocenters. The van der Waals surface area contributed by atoms with Crippen molar-refractivity contribution in [3.8, 4) is 11.5 Å². The summed E-state index contributed by atoms with van der Waals surface area (Å²) in [6.07, 6.45) is 0. The van der Waals surface area contributed by atoms with Gasteiger partial charge in [-0.05, 0) is 24.6 Å². The molecule has 0 amide bonds. The fourth-order valence-corrected chi connectivity index (χ4v) is 1.33. The highest BCUT2D eigenvalue weighted by molar-refractivity contribution is 5.85. The van der Waals surface area contributed by atoms with Gasteiger partial charge in [0.2, 0.25) is 0 Å². The fraction of sp³-hybridized carbons (Fsp3) is 0.455. The summed E-state index contributed by atoms with van der Waals surface area (Å²) >= 11 is 0. The maximum Gasteiger partial charge on any atom is 0.161 e. The van der Waals surface area contributed by atoms with Crippen LogP contribution in [0.3, 0.4) is 0 Å². The first-order valence-corrected chi connectivity index (χ1v) is 4.99. The van der Waals surface area contributed by atoms with Crippen LogP contribution in [0.5, 0.6) is 11.5 Å². The van der Waals surface area contributed by atoms with Gasteiger partial charge in [0.25, 0.3) is 0 Å². The van der Waals surface area contributed by atoms with Gasteiger partial charge in [0.15, 0.2) is 11.5 Å². The van der Waals surface area contributed by atoms with Crippen LogP contribution in [0.25, 0.3) is 0 Å². The lowest BCUT2D eigenvalue weighted by Gasteiger charge is -2.13. The van der Waals surface area contributed by atoms with Crippen molar-refractivity contribution in [2.75, 3.05) is 20.3 Å². The SMILES string of the molecule is CCOc1ccc([C@@H](N)CN)cc1OC.Cl. The van der Waals surface area contributed by atoms with E-state index in [1.165, 1.54) is 0 Å². The zero-order valence-corrected chi connectivity index (χ0v) is 10.4. The van der Waals surface area contributed by atoms with Crippen molar-refractivity contribution in [3.63, 3.8) is 0 Å². The average Bonchev–Trinajstić information content (AvgIpc) is 2.29. The van der Waals surface area contributed by atoms with Crippen LogP contribution in [0.15, 0.2) is 18.2 Å². The molecule has 4 nitrogen and oxygen atoms in total. The highest BCUT2D eigenvalue weighted by Crippen LogP contribution is 2.29. The van der Waals surface area contributed by atoms with Gasteiger partial charge in [-0.2, -0.15) is 0 Å². The first-order chi connectivity index (χ1) is 7.22. The van der Waals surface area contributed by atoms with Gasteiger partial charge in [0.1, 0.15) is 0 Å². The largest absolute Gasteiger partial charge is 0.493 e. The summed E-state index contributed by atoms with van der Waals surface area (Å²) in [5.74, 6) is 1.42. The standard InChI is InChI=1S/C11H18N2O2.ClH/c1-3-15-10-5-4-8(9(13)7-12)6-11(10)14-2;/h4-6,9H,3,7,12-13H2,1-2H3;1H/t9-;/m0./s1. The van der Waals surface area contributed by atoms with E-state index in [0.717, 1.165) is 11.3 Å². The summed E-state index contributed by atoms with van der Waals surface area (Å²) in [4.78, 5) is 0. The Kier molecular flexibility index (Phi) is 6.88. The molecule has 0 aliphatic rings. The monoisotopic (exact) mass is 246 g/mol. The van der Waals surface area contributed by atoms with Gasteiger partial charge >= 0.3 is 0 Å². The van der Waals surface area contributed by atoms with Crippen LogP contribution in [0.4, 0.5) is 0 Å². The van der Waals surface area contributed by atoms with Crippen LogP contribution >= 0.6 is 12.4 Å². The number of methoxy groups -OCH3 is 1. The van der Waals surface area contributed by atoms with Crippen molar-refractivity contribution < 1.29 is 9.47 Å². The van der Waals surface area contributed by atoms with E-state index >= 15 is 0 Å². The maximum absolute atomic E-state index is 5.82. The van der Waals surface area contributed by atoms with Gasteiger partial charge in [-0.3, -0.25) is 0 Å².